The van der Waals surface area contributed by atoms with Crippen LogP contribution in [-0.4, -0.2) is 19.2 Å². The number of amides is 1. The highest BCUT2D eigenvalue weighted by Gasteiger charge is 2.24. The molecule has 21 heavy (non-hydrogen) atoms. The van der Waals surface area contributed by atoms with Gasteiger partial charge in [0.05, 0.1) is 23.9 Å². The van der Waals surface area contributed by atoms with Crippen molar-refractivity contribution >= 4 is 11.8 Å². The number of hydrogen-bond donors (Lipinski definition) is 0. The zero-order valence-electron chi connectivity index (χ0n) is 11.0. The molecule has 0 spiro atoms. The van der Waals surface area contributed by atoms with Crippen molar-refractivity contribution in [3.8, 4) is 17.2 Å². The average Bonchev–Trinajstić information content (AvgIpc) is 2.93. The lowest BCUT2D eigenvalue weighted by Gasteiger charge is -2.14. The van der Waals surface area contributed by atoms with Crippen molar-refractivity contribution in [3.63, 3.8) is 0 Å². The van der Waals surface area contributed by atoms with Crippen LogP contribution in [0.4, 0.5) is 14.9 Å². The molecule has 2 aromatic carbocycles. The number of carbonyl (C=O) groups is 1. The number of rotatable bonds is 2. The monoisotopic (exact) mass is 282 g/mol. The molecule has 0 unspecified atom stereocenters. The molecule has 1 aliphatic heterocycles. The van der Waals surface area contributed by atoms with Crippen molar-refractivity contribution in [1.82, 2.24) is 0 Å². The fourth-order valence-electron chi connectivity index (χ4n) is 2.26. The number of nitrogens with zero attached hydrogens (tertiary/aromatic N) is 2. The maximum atomic E-state index is 14.3. The maximum absolute atomic E-state index is 14.3. The van der Waals surface area contributed by atoms with Gasteiger partial charge in [0, 0.05) is 5.56 Å². The van der Waals surface area contributed by atoms with Crippen LogP contribution in [0.3, 0.4) is 0 Å². The van der Waals surface area contributed by atoms with E-state index < -0.39 is 11.9 Å². The molecule has 1 fully saturated rings. The average molecular weight is 282 g/mol. The van der Waals surface area contributed by atoms with E-state index in [2.05, 4.69) is 0 Å². The van der Waals surface area contributed by atoms with Gasteiger partial charge in [-0.25, -0.2) is 9.18 Å². The smallest absolute Gasteiger partial charge is 0.414 e. The summed E-state index contributed by atoms with van der Waals surface area (Å²) < 4.78 is 19.1. The van der Waals surface area contributed by atoms with Crippen molar-refractivity contribution in [2.75, 3.05) is 18.1 Å². The highest BCUT2D eigenvalue weighted by Crippen LogP contribution is 2.28. The largest absolute Gasteiger partial charge is 0.447 e. The van der Waals surface area contributed by atoms with Crippen molar-refractivity contribution in [2.45, 2.75) is 0 Å². The SMILES string of the molecule is N#Cc1ccc(-c2ccc(N3CCOC3=O)cc2F)cc1. The topological polar surface area (TPSA) is 53.3 Å². The van der Waals surface area contributed by atoms with Gasteiger partial charge in [0.2, 0.25) is 0 Å². The molecular formula is C16H11FN2O2. The van der Waals surface area contributed by atoms with Gasteiger partial charge in [0.1, 0.15) is 12.4 Å². The van der Waals surface area contributed by atoms with Gasteiger partial charge in [-0.05, 0) is 35.9 Å². The normalized spacial score (nSPS) is 13.9. The fourth-order valence-corrected chi connectivity index (χ4v) is 2.26. The molecule has 104 valence electrons. The van der Waals surface area contributed by atoms with E-state index in [-0.39, 0.29) is 0 Å². The predicted molar refractivity (Wildman–Crippen MR) is 75.2 cm³/mol. The maximum Gasteiger partial charge on any atom is 0.414 e. The Morgan fingerprint density at radius 3 is 2.52 bits per heavy atom. The van der Waals surface area contributed by atoms with E-state index >= 15 is 0 Å². The minimum Gasteiger partial charge on any atom is -0.447 e. The minimum absolute atomic E-state index is 0.317. The van der Waals surface area contributed by atoms with Crippen molar-refractivity contribution in [1.29, 1.82) is 5.26 Å². The van der Waals surface area contributed by atoms with Gasteiger partial charge >= 0.3 is 6.09 Å². The molecule has 3 rings (SSSR count). The Morgan fingerprint density at radius 1 is 1.19 bits per heavy atom. The molecule has 0 N–H and O–H groups in total. The highest BCUT2D eigenvalue weighted by atomic mass is 19.1. The van der Waals surface area contributed by atoms with Crippen LogP contribution < -0.4 is 4.90 Å². The zero-order valence-corrected chi connectivity index (χ0v) is 11.0. The molecule has 0 saturated carbocycles. The number of nitriles is 1. The minimum atomic E-state index is -0.458. The molecule has 1 amide bonds. The summed E-state index contributed by atoms with van der Waals surface area (Å²) in [5, 5.41) is 8.76. The third-order valence-corrected chi connectivity index (χ3v) is 3.35. The first kappa shape index (κ1) is 13.1. The summed E-state index contributed by atoms with van der Waals surface area (Å²) in [6.07, 6.45) is -0.458. The molecular weight excluding hydrogens is 271 g/mol. The van der Waals surface area contributed by atoms with E-state index in [0.29, 0.717) is 35.5 Å². The molecule has 2 aromatic rings. The van der Waals surface area contributed by atoms with Crippen LogP contribution in [0.25, 0.3) is 11.1 Å². The lowest BCUT2D eigenvalue weighted by Crippen LogP contribution is -2.23. The van der Waals surface area contributed by atoms with Crippen LogP contribution in [0, 0.1) is 17.1 Å². The fraction of sp³-hybridized carbons (Fsp3) is 0.125. The van der Waals surface area contributed by atoms with E-state index in [1.165, 1.54) is 11.0 Å². The van der Waals surface area contributed by atoms with Crippen molar-refractivity contribution in [3.05, 3.63) is 53.8 Å². The third-order valence-electron chi connectivity index (χ3n) is 3.35. The number of hydrogen-bond acceptors (Lipinski definition) is 3. The molecule has 0 aromatic heterocycles. The van der Waals surface area contributed by atoms with Gasteiger partial charge in [-0.1, -0.05) is 12.1 Å². The Hall–Kier alpha value is -2.87. The second-order valence-corrected chi connectivity index (χ2v) is 4.62. The molecule has 0 radical (unpaired) electrons. The summed E-state index contributed by atoms with van der Waals surface area (Å²) in [6, 6.07) is 13.3. The first-order valence-electron chi connectivity index (χ1n) is 6.43. The molecule has 0 bridgehead atoms. The summed E-state index contributed by atoms with van der Waals surface area (Å²) in [6.45, 7) is 0.742. The van der Waals surface area contributed by atoms with Crippen molar-refractivity contribution in [2.24, 2.45) is 0 Å². The van der Waals surface area contributed by atoms with Gasteiger partial charge in [0.15, 0.2) is 0 Å². The Kier molecular flexibility index (Phi) is 3.28. The first-order valence-corrected chi connectivity index (χ1v) is 6.43. The number of ether oxygens (including phenoxy) is 1. The lowest BCUT2D eigenvalue weighted by atomic mass is 10.0. The molecule has 1 saturated heterocycles. The number of anilines is 1. The van der Waals surface area contributed by atoms with Gasteiger partial charge < -0.3 is 4.74 Å². The van der Waals surface area contributed by atoms with Crippen LogP contribution >= 0.6 is 0 Å². The summed E-state index contributed by atoms with van der Waals surface area (Å²) in [7, 11) is 0. The standard InChI is InChI=1S/C16H11FN2O2/c17-15-9-13(19-7-8-21-16(19)20)5-6-14(15)12-3-1-11(10-18)2-4-12/h1-6,9H,7-8H2. The summed E-state index contributed by atoms with van der Waals surface area (Å²) in [5.41, 5.74) is 2.11. The van der Waals surface area contributed by atoms with E-state index in [4.69, 9.17) is 10.00 Å². The van der Waals surface area contributed by atoms with Crippen LogP contribution in [0.2, 0.25) is 0 Å². The van der Waals surface area contributed by atoms with Gasteiger partial charge in [-0.3, -0.25) is 4.90 Å². The number of cyclic esters (lactones) is 1. The molecule has 4 nitrogen and oxygen atoms in total. The predicted octanol–water partition coefficient (Wildman–Crippen LogP) is 3.32. The quantitative estimate of drug-likeness (QED) is 0.849. The van der Waals surface area contributed by atoms with E-state index in [1.807, 2.05) is 6.07 Å². The molecule has 0 aliphatic carbocycles. The number of halogens is 1. The summed E-state index contributed by atoms with van der Waals surface area (Å²) in [4.78, 5) is 12.9. The Bertz CT molecular complexity index is 735. The molecule has 1 aliphatic rings. The van der Waals surface area contributed by atoms with Crippen LogP contribution in [0.15, 0.2) is 42.5 Å². The Balaban J connectivity index is 1.94. The van der Waals surface area contributed by atoms with Gasteiger partial charge in [-0.2, -0.15) is 5.26 Å². The van der Waals surface area contributed by atoms with Gasteiger partial charge in [-0.15, -0.1) is 0 Å². The second-order valence-electron chi connectivity index (χ2n) is 4.62. The first-order chi connectivity index (χ1) is 10.2. The molecule has 5 heteroatoms. The van der Waals surface area contributed by atoms with Gasteiger partial charge in [0.25, 0.3) is 0 Å². The number of carbonyl (C=O) groups excluding carboxylic acids is 1. The highest BCUT2D eigenvalue weighted by molar-refractivity contribution is 5.89. The van der Waals surface area contributed by atoms with Crippen LogP contribution in [-0.2, 0) is 4.74 Å². The Morgan fingerprint density at radius 2 is 1.95 bits per heavy atom. The Labute approximate surface area is 121 Å². The lowest BCUT2D eigenvalue weighted by molar-refractivity contribution is 0.181. The van der Waals surface area contributed by atoms with Crippen LogP contribution in [0.5, 0.6) is 0 Å². The summed E-state index contributed by atoms with van der Waals surface area (Å²) in [5.74, 6) is -0.420. The van der Waals surface area contributed by atoms with E-state index in [9.17, 15) is 9.18 Å². The zero-order chi connectivity index (χ0) is 14.8. The van der Waals surface area contributed by atoms with E-state index in [1.54, 1.807) is 36.4 Å². The summed E-state index contributed by atoms with van der Waals surface area (Å²) >= 11 is 0. The second kappa shape index (κ2) is 5.25. The molecule has 1 heterocycles. The van der Waals surface area contributed by atoms with E-state index in [0.717, 1.165) is 0 Å². The number of benzene rings is 2. The van der Waals surface area contributed by atoms with Crippen molar-refractivity contribution < 1.29 is 13.9 Å². The third kappa shape index (κ3) is 2.43. The molecule has 0 atom stereocenters. The van der Waals surface area contributed by atoms with Crippen LogP contribution in [0.1, 0.15) is 5.56 Å².